The second-order valence-corrected chi connectivity index (χ2v) is 16.6. The van der Waals surface area contributed by atoms with Gasteiger partial charge >= 0.3 is 19.8 Å². The highest BCUT2D eigenvalue weighted by Crippen LogP contribution is 2.47. The van der Waals surface area contributed by atoms with Gasteiger partial charge in [0.2, 0.25) is 0 Å². The third-order valence-corrected chi connectivity index (χ3v) is 10.7. The Kier molecular flexibility index (Phi) is 33.5. The lowest BCUT2D eigenvalue weighted by Gasteiger charge is -2.41. The molecule has 348 valence electrons. The molecule has 6 N–H and O–H groups in total. The summed E-state index contributed by atoms with van der Waals surface area (Å²) in [7, 11) is -5.14. The predicted octanol–water partition coefficient (Wildman–Crippen LogP) is 8.50. The van der Waals surface area contributed by atoms with Gasteiger partial charge in [0.05, 0.1) is 6.61 Å². The maximum Gasteiger partial charge on any atom is 0.472 e. The van der Waals surface area contributed by atoms with Crippen LogP contribution in [0.2, 0.25) is 0 Å². The Bertz CT molecular complexity index is 1390. The quantitative estimate of drug-likeness (QED) is 0.0153. The Morgan fingerprint density at radius 2 is 0.967 bits per heavy atom. The lowest BCUT2D eigenvalue weighted by Crippen LogP contribution is -2.64. The zero-order valence-corrected chi connectivity index (χ0v) is 37.6. The van der Waals surface area contributed by atoms with Crippen LogP contribution in [0.5, 0.6) is 0 Å². The van der Waals surface area contributed by atoms with Crippen molar-refractivity contribution in [3.05, 3.63) is 85.1 Å². The SMILES string of the molecule is CC/C=C\C/C=C\C/C=C\C/C=C\C/C=C\C/C=C\CCC(=O)OC(COC(=O)CCCCCCC/C=C\CCCCCC)COP(=O)(O)OC1C(O)C(O)C(O)C(O)C1O. The van der Waals surface area contributed by atoms with Gasteiger partial charge < -0.3 is 39.9 Å². The van der Waals surface area contributed by atoms with Crippen LogP contribution < -0.4 is 0 Å². The van der Waals surface area contributed by atoms with Crippen molar-refractivity contribution in [3.8, 4) is 0 Å². The minimum atomic E-state index is -5.14. The first-order valence-electron chi connectivity index (χ1n) is 22.4. The summed E-state index contributed by atoms with van der Waals surface area (Å²) >= 11 is 0. The van der Waals surface area contributed by atoms with Crippen LogP contribution >= 0.6 is 7.82 Å². The average Bonchev–Trinajstić information content (AvgIpc) is 3.24. The highest BCUT2D eigenvalue weighted by atomic mass is 31.2. The zero-order valence-electron chi connectivity index (χ0n) is 36.7. The lowest BCUT2D eigenvalue weighted by atomic mass is 9.85. The van der Waals surface area contributed by atoms with Crippen LogP contribution in [0.15, 0.2) is 85.1 Å². The van der Waals surface area contributed by atoms with E-state index >= 15 is 0 Å². The molecule has 0 bridgehead atoms. The first-order valence-corrected chi connectivity index (χ1v) is 23.9. The Hall–Kier alpha value is -2.97. The Morgan fingerprint density at radius 3 is 1.49 bits per heavy atom. The molecule has 0 saturated heterocycles. The molecule has 6 unspecified atom stereocenters. The standard InChI is InChI=1S/C47H77O13P/c1-3-5-7-9-11-13-15-17-18-19-20-21-22-24-26-28-30-32-34-36-41(49)59-39(38-58-61(55,56)60-47-45(53)43(51)42(50)44(52)46(47)54)37-57-40(48)35-33-31-29-27-25-23-16-14-12-10-8-6-4-2/h5,7,11,13-14,16-18,20-21,24,26,30,32,39,42-47,50-54H,3-4,6,8-10,12,15,19,22-23,25,27-29,31,33-38H2,1-2H3,(H,55,56)/b7-5-,13-11-,16-14-,18-17-,21-20-,26-24-,32-30-. The fourth-order valence-electron chi connectivity index (χ4n) is 6.13. The van der Waals surface area contributed by atoms with E-state index in [-0.39, 0.29) is 12.8 Å². The van der Waals surface area contributed by atoms with Gasteiger partial charge in [0, 0.05) is 12.8 Å². The first-order chi connectivity index (χ1) is 29.4. The summed E-state index contributed by atoms with van der Waals surface area (Å²) in [5.41, 5.74) is 0. The molecule has 6 atom stereocenters. The topological polar surface area (TPSA) is 210 Å². The minimum Gasteiger partial charge on any atom is -0.462 e. The zero-order chi connectivity index (χ0) is 45.0. The van der Waals surface area contributed by atoms with Crippen LogP contribution in [0.3, 0.4) is 0 Å². The summed E-state index contributed by atoms with van der Waals surface area (Å²) in [6.07, 6.45) is 33.7. The number of phosphoric acid groups is 1. The summed E-state index contributed by atoms with van der Waals surface area (Å²) in [6, 6.07) is 0. The van der Waals surface area contributed by atoms with E-state index in [0.29, 0.717) is 19.3 Å². The van der Waals surface area contributed by atoms with Crippen LogP contribution in [-0.4, -0.2) is 98.3 Å². The maximum absolute atomic E-state index is 12.8. The highest BCUT2D eigenvalue weighted by molar-refractivity contribution is 7.47. The molecule has 0 aromatic heterocycles. The number of aliphatic hydroxyl groups excluding tert-OH is 5. The summed E-state index contributed by atoms with van der Waals surface area (Å²) in [4.78, 5) is 35.6. The van der Waals surface area contributed by atoms with Crippen molar-refractivity contribution in [2.75, 3.05) is 13.2 Å². The molecule has 0 amide bonds. The van der Waals surface area contributed by atoms with Gasteiger partial charge in [-0.3, -0.25) is 18.6 Å². The van der Waals surface area contributed by atoms with Crippen LogP contribution in [-0.2, 0) is 32.7 Å². The Balaban J connectivity index is 2.55. The minimum absolute atomic E-state index is 0.0345. The number of carbonyl (C=O) groups excluding carboxylic acids is 2. The number of esters is 2. The number of ether oxygens (including phenoxy) is 2. The molecule has 13 nitrogen and oxygen atoms in total. The summed E-state index contributed by atoms with van der Waals surface area (Å²) < 4.78 is 33.4. The van der Waals surface area contributed by atoms with Crippen molar-refractivity contribution in [3.63, 3.8) is 0 Å². The molecule has 1 aliphatic carbocycles. The molecule has 0 heterocycles. The lowest BCUT2D eigenvalue weighted by molar-refractivity contribution is -0.220. The molecule has 1 aliphatic rings. The first kappa shape index (κ1) is 56.0. The van der Waals surface area contributed by atoms with Crippen molar-refractivity contribution >= 4 is 19.8 Å². The number of carbonyl (C=O) groups is 2. The number of rotatable bonds is 35. The summed E-state index contributed by atoms with van der Waals surface area (Å²) in [6.45, 7) is 3.08. The van der Waals surface area contributed by atoms with Crippen molar-refractivity contribution in [1.82, 2.24) is 0 Å². The van der Waals surface area contributed by atoms with Crippen molar-refractivity contribution < 1.29 is 63.1 Å². The molecule has 0 aromatic rings. The van der Waals surface area contributed by atoms with Gasteiger partial charge in [-0.15, -0.1) is 0 Å². The smallest absolute Gasteiger partial charge is 0.462 e. The van der Waals surface area contributed by atoms with Crippen LogP contribution in [0.4, 0.5) is 0 Å². The van der Waals surface area contributed by atoms with Crippen LogP contribution in [0.25, 0.3) is 0 Å². The molecular weight excluding hydrogens is 803 g/mol. The number of hydrogen-bond donors (Lipinski definition) is 6. The van der Waals surface area contributed by atoms with Gasteiger partial charge in [-0.05, 0) is 77.0 Å². The highest BCUT2D eigenvalue weighted by Gasteiger charge is 2.51. The molecule has 14 heteroatoms. The van der Waals surface area contributed by atoms with E-state index in [0.717, 1.165) is 70.6 Å². The third-order valence-electron chi connectivity index (χ3n) is 9.73. The fourth-order valence-corrected chi connectivity index (χ4v) is 7.10. The van der Waals surface area contributed by atoms with E-state index in [1.54, 1.807) is 0 Å². The van der Waals surface area contributed by atoms with E-state index < -0.39 is 75.7 Å². The number of allylic oxidation sites excluding steroid dienone is 14. The van der Waals surface area contributed by atoms with Crippen molar-refractivity contribution in [2.24, 2.45) is 0 Å². The number of phosphoric ester groups is 1. The normalized spacial score (nSPS) is 22.8. The third kappa shape index (κ3) is 29.1. The van der Waals surface area contributed by atoms with Crippen molar-refractivity contribution in [1.29, 1.82) is 0 Å². The van der Waals surface area contributed by atoms with Gasteiger partial charge in [-0.2, -0.15) is 0 Å². The van der Waals surface area contributed by atoms with Gasteiger partial charge in [-0.1, -0.05) is 137 Å². The molecule has 61 heavy (non-hydrogen) atoms. The monoisotopic (exact) mass is 881 g/mol. The van der Waals surface area contributed by atoms with E-state index in [2.05, 4.69) is 80.7 Å². The van der Waals surface area contributed by atoms with Gasteiger partial charge in [0.25, 0.3) is 0 Å². The number of aliphatic hydroxyl groups is 5. The molecule has 1 rings (SSSR count). The Labute approximate surface area is 365 Å². The van der Waals surface area contributed by atoms with Crippen LogP contribution in [0, 0.1) is 0 Å². The van der Waals surface area contributed by atoms with E-state index in [1.165, 1.54) is 25.7 Å². The molecule has 0 aliphatic heterocycles. The molecule has 1 saturated carbocycles. The van der Waals surface area contributed by atoms with E-state index in [4.69, 9.17) is 18.5 Å². The number of unbranched alkanes of at least 4 members (excludes halogenated alkanes) is 9. The summed E-state index contributed by atoms with van der Waals surface area (Å²) in [5.74, 6) is -1.22. The molecule has 0 aromatic carbocycles. The van der Waals surface area contributed by atoms with Gasteiger partial charge in [-0.25, -0.2) is 4.57 Å². The van der Waals surface area contributed by atoms with Gasteiger partial charge in [0.15, 0.2) is 6.10 Å². The molecule has 1 fully saturated rings. The molecular formula is C47H77O13P. The van der Waals surface area contributed by atoms with Crippen LogP contribution in [0.1, 0.15) is 142 Å². The van der Waals surface area contributed by atoms with E-state index in [1.807, 2.05) is 18.2 Å². The predicted molar refractivity (Wildman–Crippen MR) is 239 cm³/mol. The average molecular weight is 881 g/mol. The van der Waals surface area contributed by atoms with Crippen molar-refractivity contribution in [2.45, 2.75) is 185 Å². The second kappa shape index (κ2) is 36.5. The van der Waals surface area contributed by atoms with E-state index in [9.17, 15) is 44.6 Å². The fraction of sp³-hybridized carbons (Fsp3) is 0.660. The maximum atomic E-state index is 12.8. The number of hydrogen-bond acceptors (Lipinski definition) is 12. The van der Waals surface area contributed by atoms with Gasteiger partial charge in [0.1, 0.15) is 43.2 Å². The second-order valence-electron chi connectivity index (χ2n) is 15.2. The Morgan fingerprint density at radius 1 is 0.525 bits per heavy atom. The molecule has 0 radical (unpaired) electrons. The summed E-state index contributed by atoms with van der Waals surface area (Å²) in [5, 5.41) is 50.1. The molecule has 0 spiro atoms. The largest absolute Gasteiger partial charge is 0.472 e.